The Morgan fingerprint density at radius 3 is 1.42 bits per heavy atom. The number of piperidine rings is 1. The summed E-state index contributed by atoms with van der Waals surface area (Å²) in [4.78, 5) is 44.2. The van der Waals surface area contributed by atoms with Crippen LogP contribution in [0.4, 0.5) is 0 Å². The van der Waals surface area contributed by atoms with Gasteiger partial charge in [0.25, 0.3) is 0 Å². The molecule has 0 radical (unpaired) electrons. The fraction of sp³-hybridized carbons (Fsp3) is 0.893. The van der Waals surface area contributed by atoms with Crippen LogP contribution in [0.3, 0.4) is 0 Å². The van der Waals surface area contributed by atoms with Gasteiger partial charge in [-0.1, -0.05) is 62.3 Å². The molecule has 5 heteroatoms. The van der Waals surface area contributed by atoms with Gasteiger partial charge in [-0.15, -0.1) is 0 Å². The number of Topliss-reactive ketones (excluding diaryl/α,β-unsaturated/α-hetero) is 3. The van der Waals surface area contributed by atoms with Crippen molar-refractivity contribution in [3.8, 4) is 0 Å². The van der Waals surface area contributed by atoms with Gasteiger partial charge >= 0.3 is 0 Å². The van der Waals surface area contributed by atoms with E-state index in [1.807, 2.05) is 67.2 Å². The average Bonchev–Trinajstić information content (AvgIpc) is 2.62. The van der Waals surface area contributed by atoms with Gasteiger partial charge in [0.1, 0.15) is 0 Å². The molecule has 1 atom stereocenters. The molecule has 33 heavy (non-hydrogen) atoms. The van der Waals surface area contributed by atoms with Crippen molar-refractivity contribution in [1.82, 2.24) is 9.80 Å². The van der Waals surface area contributed by atoms with E-state index in [0.29, 0.717) is 12.3 Å². The number of likely N-dealkylation sites (tertiary alicyclic amines) is 1. The second-order valence-electron chi connectivity index (χ2n) is 14.2. The highest BCUT2D eigenvalue weighted by molar-refractivity contribution is 5.92. The summed E-state index contributed by atoms with van der Waals surface area (Å²) in [6, 6.07) is -0.422. The van der Waals surface area contributed by atoms with Crippen LogP contribution in [0.5, 0.6) is 0 Å². The average molecular weight is 465 g/mol. The first-order chi connectivity index (χ1) is 14.6. The van der Waals surface area contributed by atoms with E-state index in [2.05, 4.69) is 25.7 Å². The summed E-state index contributed by atoms with van der Waals surface area (Å²) in [6.45, 7) is 26.3. The smallest absolute Gasteiger partial charge is 0.155 e. The topological polar surface area (TPSA) is 57.7 Å². The minimum absolute atomic E-state index is 0.0680. The van der Waals surface area contributed by atoms with Gasteiger partial charge in [-0.3, -0.25) is 24.2 Å². The van der Waals surface area contributed by atoms with E-state index in [4.69, 9.17) is 0 Å². The Morgan fingerprint density at radius 1 is 0.727 bits per heavy atom. The van der Waals surface area contributed by atoms with Crippen molar-refractivity contribution in [2.45, 2.75) is 114 Å². The molecule has 0 aliphatic carbocycles. The normalized spacial score (nSPS) is 18.5. The van der Waals surface area contributed by atoms with E-state index in [9.17, 15) is 14.4 Å². The van der Waals surface area contributed by atoms with Gasteiger partial charge in [0.15, 0.2) is 17.3 Å². The fourth-order valence-electron chi connectivity index (χ4n) is 4.20. The highest BCUT2D eigenvalue weighted by Crippen LogP contribution is 2.32. The first kappa shape index (κ1) is 30.0. The number of carbonyl (C=O) groups is 3. The summed E-state index contributed by atoms with van der Waals surface area (Å²) < 4.78 is 0. The Bertz CT molecular complexity index is 663. The molecule has 1 aliphatic rings. The standard InChI is InChI=1S/C28H52N2O3/c1-25(2,3)22(31)18-29(19-23(32)26(4,5)6)21(24(33)27(7,8)9)17-20-13-15-30(16-14-20)28(10,11)12/h20-21H,13-19H2,1-12H3. The summed E-state index contributed by atoms with van der Waals surface area (Å²) in [5, 5.41) is 0. The maximum absolute atomic E-state index is 13.7. The van der Waals surface area contributed by atoms with E-state index in [1.54, 1.807) is 0 Å². The van der Waals surface area contributed by atoms with Crippen LogP contribution >= 0.6 is 0 Å². The van der Waals surface area contributed by atoms with Crippen molar-refractivity contribution in [3.05, 3.63) is 0 Å². The zero-order chi connectivity index (χ0) is 26.0. The largest absolute Gasteiger partial charge is 0.298 e. The molecule has 0 amide bonds. The number of nitrogens with zero attached hydrogens (tertiary/aromatic N) is 2. The lowest BCUT2D eigenvalue weighted by molar-refractivity contribution is -0.138. The lowest BCUT2D eigenvalue weighted by atomic mass is 9.79. The Hall–Kier alpha value is -1.07. The first-order valence-electron chi connectivity index (χ1n) is 12.7. The maximum atomic E-state index is 13.7. The van der Waals surface area contributed by atoms with Crippen molar-refractivity contribution in [1.29, 1.82) is 0 Å². The molecule has 1 rings (SSSR count). The van der Waals surface area contributed by atoms with Crippen LogP contribution in [0, 0.1) is 22.2 Å². The fourth-order valence-corrected chi connectivity index (χ4v) is 4.20. The molecule has 0 bridgehead atoms. The van der Waals surface area contributed by atoms with E-state index in [1.165, 1.54) is 0 Å². The van der Waals surface area contributed by atoms with E-state index in [0.717, 1.165) is 25.9 Å². The van der Waals surface area contributed by atoms with Gasteiger partial charge in [0.2, 0.25) is 0 Å². The second-order valence-corrected chi connectivity index (χ2v) is 14.2. The summed E-state index contributed by atoms with van der Waals surface area (Å²) >= 11 is 0. The lowest BCUT2D eigenvalue weighted by Crippen LogP contribution is -2.53. The maximum Gasteiger partial charge on any atom is 0.155 e. The van der Waals surface area contributed by atoms with Crippen molar-refractivity contribution in [2.24, 2.45) is 22.2 Å². The highest BCUT2D eigenvalue weighted by atomic mass is 16.1. The van der Waals surface area contributed by atoms with Crippen LogP contribution in [0.25, 0.3) is 0 Å². The number of ketones is 3. The van der Waals surface area contributed by atoms with Crippen molar-refractivity contribution in [3.63, 3.8) is 0 Å². The molecule has 192 valence electrons. The quantitative estimate of drug-likeness (QED) is 0.481. The molecule has 1 heterocycles. The minimum Gasteiger partial charge on any atom is -0.298 e. The van der Waals surface area contributed by atoms with Gasteiger partial charge in [0.05, 0.1) is 19.1 Å². The van der Waals surface area contributed by atoms with Crippen molar-refractivity contribution < 1.29 is 14.4 Å². The van der Waals surface area contributed by atoms with E-state index < -0.39 is 22.3 Å². The molecule has 0 aromatic rings. The van der Waals surface area contributed by atoms with Crippen LogP contribution in [0.15, 0.2) is 0 Å². The number of carbonyl (C=O) groups excluding carboxylic acids is 3. The van der Waals surface area contributed by atoms with Crippen LogP contribution in [-0.2, 0) is 14.4 Å². The Morgan fingerprint density at radius 2 is 1.12 bits per heavy atom. The monoisotopic (exact) mass is 464 g/mol. The minimum atomic E-state index is -0.537. The zero-order valence-corrected chi connectivity index (χ0v) is 23.7. The number of rotatable bonds is 8. The summed E-state index contributed by atoms with van der Waals surface area (Å²) in [7, 11) is 0. The summed E-state index contributed by atoms with van der Waals surface area (Å²) in [5.74, 6) is 0.679. The molecule has 0 aromatic heterocycles. The third kappa shape index (κ3) is 9.24. The molecule has 1 unspecified atom stereocenters. The summed E-state index contributed by atoms with van der Waals surface area (Å²) in [6.07, 6.45) is 2.79. The third-order valence-electron chi connectivity index (χ3n) is 6.97. The molecule has 1 saturated heterocycles. The van der Waals surface area contributed by atoms with Crippen LogP contribution in [0.2, 0.25) is 0 Å². The molecular formula is C28H52N2O3. The molecule has 0 saturated carbocycles. The molecule has 0 spiro atoms. The zero-order valence-electron chi connectivity index (χ0n) is 23.7. The Kier molecular flexibility index (Phi) is 9.70. The van der Waals surface area contributed by atoms with Gasteiger partial charge in [-0.2, -0.15) is 0 Å². The van der Waals surface area contributed by atoms with E-state index >= 15 is 0 Å². The summed E-state index contributed by atoms with van der Waals surface area (Å²) in [5.41, 5.74) is -1.42. The number of hydrogen-bond donors (Lipinski definition) is 0. The molecule has 0 N–H and O–H groups in total. The van der Waals surface area contributed by atoms with Crippen LogP contribution < -0.4 is 0 Å². The predicted molar refractivity (Wildman–Crippen MR) is 137 cm³/mol. The van der Waals surface area contributed by atoms with Gasteiger partial charge in [0, 0.05) is 21.8 Å². The molecule has 1 aliphatic heterocycles. The van der Waals surface area contributed by atoms with E-state index in [-0.39, 0.29) is 36.0 Å². The molecule has 1 fully saturated rings. The van der Waals surface area contributed by atoms with Gasteiger partial charge in [-0.25, -0.2) is 0 Å². The molecule has 0 aromatic carbocycles. The van der Waals surface area contributed by atoms with Crippen molar-refractivity contribution in [2.75, 3.05) is 26.2 Å². The van der Waals surface area contributed by atoms with Crippen LogP contribution in [0.1, 0.15) is 102 Å². The molecular weight excluding hydrogens is 412 g/mol. The van der Waals surface area contributed by atoms with Gasteiger partial charge < -0.3 is 0 Å². The van der Waals surface area contributed by atoms with Crippen LogP contribution in [-0.4, -0.2) is 64.9 Å². The Labute approximate surface area is 204 Å². The first-order valence-corrected chi connectivity index (χ1v) is 12.7. The van der Waals surface area contributed by atoms with Crippen molar-refractivity contribution >= 4 is 17.3 Å². The lowest BCUT2D eigenvalue weighted by Gasteiger charge is -2.43. The number of hydrogen-bond acceptors (Lipinski definition) is 5. The second kappa shape index (κ2) is 10.7. The predicted octanol–water partition coefficient (Wildman–Crippen LogP) is 5.40. The highest BCUT2D eigenvalue weighted by Gasteiger charge is 2.40. The third-order valence-corrected chi connectivity index (χ3v) is 6.97. The van der Waals surface area contributed by atoms with Gasteiger partial charge in [-0.05, 0) is 59.0 Å². The Balaban J connectivity index is 3.24. The SMILES string of the molecule is CC(C)(C)C(=O)CN(CC(=O)C(C)(C)C)C(CC1CCN(C(C)(C)C)CC1)C(=O)C(C)(C)C. The molecule has 5 nitrogen and oxygen atoms in total.